The molecule has 2 aliphatic heterocycles. The van der Waals surface area contributed by atoms with Crippen LogP contribution in [0.5, 0.6) is 5.75 Å². The molecule has 1 aromatic carbocycles. The molecule has 3 unspecified atom stereocenters. The first-order chi connectivity index (χ1) is 9.93. The van der Waals surface area contributed by atoms with Gasteiger partial charge in [0.25, 0.3) is 0 Å². The first-order valence-electron chi connectivity index (χ1n) is 6.35. The topological polar surface area (TPSA) is 38.8 Å². The van der Waals surface area contributed by atoms with Gasteiger partial charge in [-0.05, 0) is 46.3 Å². The van der Waals surface area contributed by atoms with E-state index in [1.807, 2.05) is 0 Å². The van der Waals surface area contributed by atoms with Gasteiger partial charge < -0.3 is 9.47 Å². The number of carbonyl (C=O) groups is 1. The lowest BCUT2D eigenvalue weighted by atomic mass is 10.0. The summed E-state index contributed by atoms with van der Waals surface area (Å²) in [5.41, 5.74) is -1.33. The number of hydrogen-bond acceptors (Lipinski definition) is 3. The van der Waals surface area contributed by atoms with Crippen LogP contribution in [0.1, 0.15) is 0 Å². The molecule has 1 amide bonds. The van der Waals surface area contributed by atoms with E-state index in [0.717, 1.165) is 4.90 Å². The van der Waals surface area contributed by atoms with Crippen LogP contribution in [-0.2, 0) is 9.53 Å². The van der Waals surface area contributed by atoms with E-state index in [9.17, 15) is 13.6 Å². The largest absolute Gasteiger partial charge is 0.497 e. The van der Waals surface area contributed by atoms with E-state index < -0.39 is 23.5 Å². The second-order valence-electron chi connectivity index (χ2n) is 5.28. The lowest BCUT2D eigenvalue weighted by Gasteiger charge is -2.21. The highest BCUT2D eigenvalue weighted by Crippen LogP contribution is 2.70. The van der Waals surface area contributed by atoms with Crippen LogP contribution in [0.25, 0.3) is 0 Å². The Hall–Kier alpha value is -1.63. The van der Waals surface area contributed by atoms with Gasteiger partial charge in [0, 0.05) is 5.69 Å². The Bertz CT molecular complexity index is 675. The molecule has 1 aliphatic carbocycles. The summed E-state index contributed by atoms with van der Waals surface area (Å²) >= 11 is 3.05. The smallest absolute Gasteiger partial charge is 0.314 e. The molecule has 3 aliphatic rings. The highest BCUT2D eigenvalue weighted by molar-refractivity contribution is 9.11. The predicted molar refractivity (Wildman–Crippen MR) is 73.5 cm³/mol. The summed E-state index contributed by atoms with van der Waals surface area (Å²) in [6.07, 6.45) is 1.42. The van der Waals surface area contributed by atoms with Crippen LogP contribution < -0.4 is 9.64 Å². The van der Waals surface area contributed by atoms with E-state index in [1.54, 1.807) is 24.3 Å². The van der Waals surface area contributed by atoms with Crippen LogP contribution in [0.2, 0.25) is 0 Å². The summed E-state index contributed by atoms with van der Waals surface area (Å²) in [5.74, 6) is -3.78. The zero-order valence-corrected chi connectivity index (χ0v) is 12.4. The van der Waals surface area contributed by atoms with E-state index in [2.05, 4.69) is 15.9 Å². The zero-order chi connectivity index (χ0) is 15.0. The van der Waals surface area contributed by atoms with E-state index in [-0.39, 0.29) is 10.6 Å². The molecule has 0 radical (unpaired) electrons. The Morgan fingerprint density at radius 2 is 2.00 bits per heavy atom. The van der Waals surface area contributed by atoms with E-state index in [1.165, 1.54) is 13.2 Å². The van der Waals surface area contributed by atoms with Crippen molar-refractivity contribution in [2.75, 3.05) is 12.0 Å². The number of ether oxygens (including phenoxy) is 2. The normalized spacial score (nSPS) is 35.0. The van der Waals surface area contributed by atoms with Gasteiger partial charge in [-0.25, -0.2) is 0 Å². The molecule has 1 saturated carbocycles. The molecule has 3 atom stereocenters. The van der Waals surface area contributed by atoms with Crippen molar-refractivity contribution in [1.29, 1.82) is 0 Å². The summed E-state index contributed by atoms with van der Waals surface area (Å²) in [4.78, 5) is 13.6. The first kappa shape index (κ1) is 13.1. The van der Waals surface area contributed by atoms with Crippen LogP contribution in [0, 0.1) is 5.92 Å². The van der Waals surface area contributed by atoms with Crippen molar-refractivity contribution < 1.29 is 23.0 Å². The van der Waals surface area contributed by atoms with Crippen molar-refractivity contribution in [3.05, 3.63) is 35.0 Å². The molecule has 110 valence electrons. The van der Waals surface area contributed by atoms with Crippen LogP contribution in [0.15, 0.2) is 35.0 Å². The molecule has 0 bridgehead atoms. The summed E-state index contributed by atoms with van der Waals surface area (Å²) in [6, 6.07) is 5.20. The number of benzene rings is 1. The molecule has 4 nitrogen and oxygen atoms in total. The van der Waals surface area contributed by atoms with E-state index in [0.29, 0.717) is 11.4 Å². The molecule has 21 heavy (non-hydrogen) atoms. The number of alkyl halides is 2. The molecule has 1 aromatic rings. The molecule has 4 rings (SSSR count). The van der Waals surface area contributed by atoms with Crippen LogP contribution >= 0.6 is 15.9 Å². The van der Waals surface area contributed by atoms with Crippen molar-refractivity contribution in [3.63, 3.8) is 0 Å². The summed E-state index contributed by atoms with van der Waals surface area (Å²) in [5, 5.41) is 0. The minimum Gasteiger partial charge on any atom is -0.497 e. The monoisotopic (exact) mass is 357 g/mol. The molecular formula is C14H10BrF2NO3. The predicted octanol–water partition coefficient (Wildman–Crippen LogP) is 2.68. The molecule has 0 aromatic heterocycles. The van der Waals surface area contributed by atoms with Gasteiger partial charge >= 0.3 is 5.92 Å². The van der Waals surface area contributed by atoms with Gasteiger partial charge in [-0.2, -0.15) is 8.78 Å². The Kier molecular flexibility index (Phi) is 2.34. The number of nitrogens with zero attached hydrogens (tertiary/aromatic N) is 1. The number of anilines is 1. The Morgan fingerprint density at radius 3 is 2.57 bits per heavy atom. The fourth-order valence-corrected chi connectivity index (χ4v) is 3.83. The Balaban J connectivity index is 1.76. The number of hydrogen-bond donors (Lipinski definition) is 0. The summed E-state index contributed by atoms with van der Waals surface area (Å²) in [6.45, 7) is 0. The number of rotatable bonds is 2. The molecule has 0 N–H and O–H groups in total. The van der Waals surface area contributed by atoms with Crippen molar-refractivity contribution in [1.82, 2.24) is 0 Å². The average Bonchev–Trinajstić information content (AvgIpc) is 2.76. The number of methoxy groups -OCH3 is 1. The maximum Gasteiger partial charge on any atom is 0.314 e. The minimum atomic E-state index is -3.06. The second kappa shape index (κ2) is 3.76. The quantitative estimate of drug-likeness (QED) is 0.816. The van der Waals surface area contributed by atoms with Crippen molar-refractivity contribution in [2.45, 2.75) is 17.6 Å². The summed E-state index contributed by atoms with van der Waals surface area (Å²) < 4.78 is 38.9. The van der Waals surface area contributed by atoms with Gasteiger partial charge in [0.1, 0.15) is 11.7 Å². The summed E-state index contributed by atoms with van der Waals surface area (Å²) in [7, 11) is 1.51. The van der Waals surface area contributed by atoms with Crippen molar-refractivity contribution in [3.8, 4) is 5.75 Å². The Labute approximate surface area is 127 Å². The number of amides is 1. The minimum absolute atomic E-state index is 0.206. The fourth-order valence-electron chi connectivity index (χ4n) is 3.30. The first-order valence-corrected chi connectivity index (χ1v) is 7.14. The SMILES string of the molecule is COc1ccc(N2C(=O)C3C=C(Br)OC34C2C4(F)F)cc1. The van der Waals surface area contributed by atoms with Crippen molar-refractivity contribution in [2.24, 2.45) is 5.92 Å². The molecule has 2 fully saturated rings. The van der Waals surface area contributed by atoms with E-state index in [4.69, 9.17) is 9.47 Å². The van der Waals surface area contributed by atoms with Gasteiger partial charge in [-0.3, -0.25) is 9.69 Å². The zero-order valence-electron chi connectivity index (χ0n) is 10.8. The molecule has 2 heterocycles. The molecular weight excluding hydrogens is 348 g/mol. The van der Waals surface area contributed by atoms with Gasteiger partial charge in [-0.1, -0.05) is 0 Å². The van der Waals surface area contributed by atoms with Gasteiger partial charge in [0.2, 0.25) is 11.5 Å². The maximum absolute atomic E-state index is 14.2. The second-order valence-corrected chi connectivity index (χ2v) is 6.06. The number of halogens is 3. The van der Waals surface area contributed by atoms with E-state index >= 15 is 0 Å². The lowest BCUT2D eigenvalue weighted by Crippen LogP contribution is -2.38. The van der Waals surface area contributed by atoms with Gasteiger partial charge in [0.15, 0.2) is 10.7 Å². The molecule has 1 spiro atoms. The third kappa shape index (κ3) is 1.35. The molecule has 1 saturated heterocycles. The van der Waals surface area contributed by atoms with Gasteiger partial charge in [0.05, 0.1) is 7.11 Å². The highest BCUT2D eigenvalue weighted by Gasteiger charge is 2.95. The van der Waals surface area contributed by atoms with Gasteiger partial charge in [-0.15, -0.1) is 0 Å². The number of piperidine rings is 1. The standard InChI is InChI=1S/C14H10BrF2NO3/c1-20-8-4-2-7(3-5-8)18-11(19)9-6-10(15)21-13(9)12(18)14(13,16)17/h2-6,9,12H,1H3. The lowest BCUT2D eigenvalue weighted by molar-refractivity contribution is -0.125. The van der Waals surface area contributed by atoms with Crippen LogP contribution in [-0.4, -0.2) is 30.6 Å². The highest BCUT2D eigenvalue weighted by atomic mass is 79.9. The fraction of sp³-hybridized carbons (Fsp3) is 0.357. The average molecular weight is 358 g/mol. The van der Waals surface area contributed by atoms with Crippen LogP contribution in [0.4, 0.5) is 14.5 Å². The third-order valence-electron chi connectivity index (χ3n) is 4.33. The Morgan fingerprint density at radius 1 is 1.33 bits per heavy atom. The van der Waals surface area contributed by atoms with Crippen LogP contribution in [0.3, 0.4) is 0 Å². The van der Waals surface area contributed by atoms with Crippen molar-refractivity contribution >= 4 is 27.5 Å². The maximum atomic E-state index is 14.2. The molecule has 7 heteroatoms. The number of carbonyl (C=O) groups excluding carboxylic acids is 1. The third-order valence-corrected chi connectivity index (χ3v) is 4.75.